The predicted molar refractivity (Wildman–Crippen MR) is 95.8 cm³/mol. The Labute approximate surface area is 168 Å². The number of aliphatic hydroxyl groups excluding tert-OH is 3. The molecule has 6 N–H and O–H groups in total. The first-order valence-electron chi connectivity index (χ1n) is 8.75. The molecule has 5 unspecified atom stereocenters. The second-order valence-corrected chi connectivity index (χ2v) is 6.60. The number of nitrogens with one attached hydrogen (secondary N) is 1. The minimum atomic E-state index is -1.69. The molecule has 1 aromatic carbocycles. The molecule has 162 valence electrons. The molecule has 1 aliphatic rings. The number of H-pyrrole nitrogens is 1. The summed E-state index contributed by atoms with van der Waals surface area (Å²) >= 11 is 0. The molecule has 12 heteroatoms. The normalized spacial score (nSPS) is 26.3. The van der Waals surface area contributed by atoms with E-state index in [1.165, 1.54) is 24.4 Å². The number of aromatic carboxylic acids is 1. The Balaban J connectivity index is 1.71. The van der Waals surface area contributed by atoms with Crippen molar-refractivity contribution in [3.8, 4) is 5.75 Å². The van der Waals surface area contributed by atoms with Crippen LogP contribution in [0, 0.1) is 0 Å². The lowest BCUT2D eigenvalue weighted by atomic mass is 9.99. The number of aromatic nitrogens is 1. The van der Waals surface area contributed by atoms with Crippen molar-refractivity contribution in [3.05, 3.63) is 30.0 Å². The van der Waals surface area contributed by atoms with Crippen molar-refractivity contribution in [3.63, 3.8) is 0 Å². The van der Waals surface area contributed by atoms with Gasteiger partial charge in [0.05, 0.1) is 5.56 Å². The van der Waals surface area contributed by atoms with Gasteiger partial charge >= 0.3 is 17.9 Å². The van der Waals surface area contributed by atoms with Crippen molar-refractivity contribution >= 4 is 28.8 Å². The number of carbonyl (C=O) groups is 3. The minimum Gasteiger partial charge on any atom is -0.481 e. The van der Waals surface area contributed by atoms with Crippen LogP contribution in [0.1, 0.15) is 16.8 Å². The molecule has 30 heavy (non-hydrogen) atoms. The van der Waals surface area contributed by atoms with Crippen LogP contribution in [0.2, 0.25) is 0 Å². The highest BCUT2D eigenvalue weighted by Crippen LogP contribution is 2.28. The van der Waals surface area contributed by atoms with Crippen LogP contribution in [0.5, 0.6) is 5.75 Å². The number of aliphatic hydroxyl groups is 3. The fourth-order valence-corrected chi connectivity index (χ4v) is 2.99. The topological polar surface area (TPSA) is 196 Å². The summed E-state index contributed by atoms with van der Waals surface area (Å²) in [7, 11) is 0. The molecule has 0 bridgehead atoms. The van der Waals surface area contributed by atoms with Crippen LogP contribution in [-0.4, -0.2) is 85.7 Å². The molecule has 1 aliphatic heterocycles. The molecule has 0 aliphatic carbocycles. The Hall–Kier alpha value is -3.19. The van der Waals surface area contributed by atoms with E-state index in [4.69, 9.17) is 24.4 Å². The van der Waals surface area contributed by atoms with E-state index in [0.29, 0.717) is 10.9 Å². The number of carboxylic acid groups (broad SMARTS) is 2. The second-order valence-electron chi connectivity index (χ2n) is 6.60. The number of ether oxygens (including phenoxy) is 3. The molecule has 5 atom stereocenters. The smallest absolute Gasteiger partial charge is 0.337 e. The van der Waals surface area contributed by atoms with E-state index < -0.39 is 61.6 Å². The molecule has 1 fully saturated rings. The molecule has 12 nitrogen and oxygen atoms in total. The molecule has 0 saturated carbocycles. The van der Waals surface area contributed by atoms with Gasteiger partial charge in [-0.25, -0.2) is 4.79 Å². The number of esters is 1. The van der Waals surface area contributed by atoms with Crippen molar-refractivity contribution in [2.75, 3.05) is 6.61 Å². The number of rotatable bonds is 7. The van der Waals surface area contributed by atoms with E-state index in [1.807, 2.05) is 0 Å². The summed E-state index contributed by atoms with van der Waals surface area (Å²) < 4.78 is 15.6. The highest BCUT2D eigenvalue weighted by Gasteiger charge is 2.45. The van der Waals surface area contributed by atoms with Crippen molar-refractivity contribution in [1.82, 2.24) is 4.98 Å². The van der Waals surface area contributed by atoms with Gasteiger partial charge in [-0.1, -0.05) is 0 Å². The van der Waals surface area contributed by atoms with Gasteiger partial charge in [0.25, 0.3) is 0 Å². The molecule has 0 spiro atoms. The SMILES string of the molecule is O=C(O)CC(=O)OCC1OC(Oc2ccc3c(C(=O)O)c[nH]c3c2)C(O)C(O)C1O. The zero-order chi connectivity index (χ0) is 22.0. The maximum absolute atomic E-state index is 11.4. The lowest BCUT2D eigenvalue weighted by molar-refractivity contribution is -0.278. The number of benzene rings is 1. The van der Waals surface area contributed by atoms with Gasteiger partial charge in [0.1, 0.15) is 43.2 Å². The zero-order valence-electron chi connectivity index (χ0n) is 15.3. The summed E-state index contributed by atoms with van der Waals surface area (Å²) in [4.78, 5) is 35.8. The minimum absolute atomic E-state index is 0.0623. The number of hydrogen-bond donors (Lipinski definition) is 6. The highest BCUT2D eigenvalue weighted by atomic mass is 16.7. The largest absolute Gasteiger partial charge is 0.481 e. The first kappa shape index (κ1) is 21.5. The number of aromatic amines is 1. The molecular weight excluding hydrogens is 406 g/mol. The van der Waals surface area contributed by atoms with Crippen LogP contribution in [0.25, 0.3) is 10.9 Å². The Morgan fingerprint density at radius 1 is 1.07 bits per heavy atom. The van der Waals surface area contributed by atoms with Gasteiger partial charge < -0.3 is 44.7 Å². The highest BCUT2D eigenvalue weighted by molar-refractivity contribution is 6.03. The number of carbonyl (C=O) groups excluding carboxylic acids is 1. The molecule has 3 rings (SSSR count). The molecule has 2 aromatic rings. The van der Waals surface area contributed by atoms with E-state index in [0.717, 1.165) is 0 Å². The Kier molecular flexibility index (Phi) is 6.22. The Bertz CT molecular complexity index is 955. The molecule has 2 heterocycles. The summed E-state index contributed by atoms with van der Waals surface area (Å²) in [5.74, 6) is -3.41. The lowest BCUT2D eigenvalue weighted by Crippen LogP contribution is -2.60. The molecule has 1 aromatic heterocycles. The Morgan fingerprint density at radius 3 is 2.47 bits per heavy atom. The van der Waals surface area contributed by atoms with Gasteiger partial charge in [-0.05, 0) is 12.1 Å². The maximum atomic E-state index is 11.4. The van der Waals surface area contributed by atoms with E-state index >= 15 is 0 Å². The predicted octanol–water partition coefficient (Wildman–Crippen LogP) is -0.930. The lowest BCUT2D eigenvalue weighted by Gasteiger charge is -2.39. The third-order valence-electron chi connectivity index (χ3n) is 4.51. The number of fused-ring (bicyclic) bond motifs is 1. The van der Waals surface area contributed by atoms with Gasteiger partial charge in [-0.3, -0.25) is 9.59 Å². The standard InChI is InChI=1S/C18H19NO11/c20-12(21)4-13(22)28-6-11-14(23)15(24)16(25)18(30-11)29-7-1-2-8-9(17(26)27)5-19-10(8)3-7/h1-3,5,11,14-16,18-19,23-25H,4,6H2,(H,20,21)(H,26,27). The number of hydrogen-bond acceptors (Lipinski definition) is 9. The zero-order valence-corrected chi connectivity index (χ0v) is 15.3. The quantitative estimate of drug-likeness (QED) is 0.237. The van der Waals surface area contributed by atoms with Crippen LogP contribution in [0.4, 0.5) is 0 Å². The van der Waals surface area contributed by atoms with Crippen molar-refractivity contribution < 1.29 is 54.1 Å². The molecular formula is C18H19NO11. The first-order chi connectivity index (χ1) is 14.2. The van der Waals surface area contributed by atoms with E-state index in [2.05, 4.69) is 4.98 Å². The monoisotopic (exact) mass is 425 g/mol. The van der Waals surface area contributed by atoms with E-state index in [-0.39, 0.29) is 11.3 Å². The van der Waals surface area contributed by atoms with Crippen LogP contribution >= 0.6 is 0 Å². The van der Waals surface area contributed by atoms with E-state index in [9.17, 15) is 29.7 Å². The van der Waals surface area contributed by atoms with Gasteiger partial charge in [-0.15, -0.1) is 0 Å². The van der Waals surface area contributed by atoms with Gasteiger partial charge in [-0.2, -0.15) is 0 Å². The Morgan fingerprint density at radius 2 is 1.80 bits per heavy atom. The van der Waals surface area contributed by atoms with Crippen LogP contribution in [-0.2, 0) is 19.1 Å². The first-order valence-corrected chi connectivity index (χ1v) is 8.75. The van der Waals surface area contributed by atoms with Crippen molar-refractivity contribution in [1.29, 1.82) is 0 Å². The van der Waals surface area contributed by atoms with E-state index in [1.54, 1.807) is 0 Å². The average molecular weight is 425 g/mol. The summed E-state index contributed by atoms with van der Waals surface area (Å²) in [5, 5.41) is 48.3. The molecule has 0 amide bonds. The third kappa shape index (κ3) is 4.52. The van der Waals surface area contributed by atoms with Crippen LogP contribution < -0.4 is 4.74 Å². The number of aliphatic carboxylic acids is 1. The number of carboxylic acids is 2. The third-order valence-corrected chi connectivity index (χ3v) is 4.51. The van der Waals surface area contributed by atoms with Gasteiger partial charge in [0.15, 0.2) is 0 Å². The molecule has 0 radical (unpaired) electrons. The molecule has 1 saturated heterocycles. The van der Waals surface area contributed by atoms with Crippen LogP contribution in [0.3, 0.4) is 0 Å². The summed E-state index contributed by atoms with van der Waals surface area (Å²) in [6.45, 7) is -0.575. The van der Waals surface area contributed by atoms with Gasteiger partial charge in [0, 0.05) is 23.2 Å². The summed E-state index contributed by atoms with van der Waals surface area (Å²) in [5.41, 5.74) is 0.502. The average Bonchev–Trinajstić information content (AvgIpc) is 3.10. The fourth-order valence-electron chi connectivity index (χ4n) is 2.99. The van der Waals surface area contributed by atoms with Crippen molar-refractivity contribution in [2.24, 2.45) is 0 Å². The summed E-state index contributed by atoms with van der Waals surface area (Å²) in [6, 6.07) is 4.37. The second kappa shape index (κ2) is 8.67. The summed E-state index contributed by atoms with van der Waals surface area (Å²) in [6.07, 6.45) is -7.30. The van der Waals surface area contributed by atoms with Crippen molar-refractivity contribution in [2.45, 2.75) is 37.1 Å². The fraction of sp³-hybridized carbons (Fsp3) is 0.389. The maximum Gasteiger partial charge on any atom is 0.337 e. The van der Waals surface area contributed by atoms with Gasteiger partial charge in [0.2, 0.25) is 6.29 Å². The van der Waals surface area contributed by atoms with Crippen LogP contribution in [0.15, 0.2) is 24.4 Å².